The Kier molecular flexibility index (Phi) is 39.4. The van der Waals surface area contributed by atoms with E-state index in [1.165, 1.54) is 38.4 Å². The molecule has 30 heteroatoms. The van der Waals surface area contributed by atoms with Crippen molar-refractivity contribution in [1.29, 1.82) is 0 Å². The van der Waals surface area contributed by atoms with Gasteiger partial charge in [0.25, 0.3) is 0 Å². The van der Waals surface area contributed by atoms with Crippen LogP contribution in [0.5, 0.6) is 0 Å². The highest BCUT2D eigenvalue weighted by Crippen LogP contribution is 2.55. The number of carbonyl (C=O) groups excluding carboxylic acids is 1. The molecule has 4 N–H and O–H groups in total. The Morgan fingerprint density at radius 3 is 1.42 bits per heavy atom. The molecule has 1 atom stereocenters. The van der Waals surface area contributed by atoms with Gasteiger partial charge in [-0.15, -0.1) is 0 Å². The first-order valence-electron chi connectivity index (χ1n) is 36.3. The molecule has 0 saturated carbocycles. The Bertz CT molecular complexity index is 5520. The number of nitrogens with one attached hydrogen (secondary N) is 2. The molecule has 1 amide bonds. The lowest BCUT2D eigenvalue weighted by molar-refractivity contribution is -0.883. The van der Waals surface area contributed by atoms with E-state index < -0.39 is 35.4 Å². The minimum Gasteiger partial charge on any atom is -1.00 e. The zero-order valence-corrected chi connectivity index (χ0v) is 78.5. The number of hydrogen-bond donors (Lipinski definition) is 4. The van der Waals surface area contributed by atoms with Crippen LogP contribution in [-0.2, 0) is 91.0 Å². The number of fused-ring (bicyclic) bond motifs is 7. The van der Waals surface area contributed by atoms with E-state index in [9.17, 15) is 23.7 Å². The molecule has 14 rings (SSSR count). The fourth-order valence-electron chi connectivity index (χ4n) is 12.8. The summed E-state index contributed by atoms with van der Waals surface area (Å²) in [5, 5.41) is 14.8. The maximum Gasteiger partial charge on any atom is 0.342 e. The average molecular weight is 1960 g/mol. The maximum absolute atomic E-state index is 13.0. The number of hydrogen-bond acceptors (Lipinski definition) is 9. The molecule has 0 aliphatic carbocycles. The summed E-state index contributed by atoms with van der Waals surface area (Å²) in [6.45, 7) is 13.9. The number of rotatable bonds is 20. The van der Waals surface area contributed by atoms with E-state index in [0.717, 1.165) is 81.2 Å². The number of alkyl halides is 1. The fourth-order valence-corrected chi connectivity index (χ4v) is 17.9. The average Bonchev–Trinajstić information content (AvgIpc) is 1.59. The van der Waals surface area contributed by atoms with Crippen LogP contribution in [0.4, 0.5) is 5.69 Å². The molecule has 0 bridgehead atoms. The maximum atomic E-state index is 13.0. The van der Waals surface area contributed by atoms with E-state index in [1.807, 2.05) is 192 Å². The second-order valence-corrected chi connectivity index (χ2v) is 34.5. The van der Waals surface area contributed by atoms with Crippen molar-refractivity contribution in [2.24, 2.45) is 35.2 Å². The summed E-state index contributed by atoms with van der Waals surface area (Å²) in [5.74, 6) is -0.791. The molecule has 19 nitrogen and oxygen atoms in total. The molecule has 0 radical (unpaired) electrons. The smallest absolute Gasteiger partial charge is 0.342 e. The van der Waals surface area contributed by atoms with Crippen LogP contribution in [0.15, 0.2) is 201 Å². The van der Waals surface area contributed by atoms with Gasteiger partial charge in [-0.3, -0.25) is 13.9 Å². The van der Waals surface area contributed by atoms with Crippen LogP contribution in [-0.4, -0.2) is 126 Å². The summed E-state index contributed by atoms with van der Waals surface area (Å²) >= 11 is 39.1. The Hall–Kier alpha value is -5.54. The number of quaternary nitrogens is 1. The second kappa shape index (κ2) is 46.1. The van der Waals surface area contributed by atoms with E-state index in [1.54, 1.807) is 48.1 Å². The van der Waals surface area contributed by atoms with Gasteiger partial charge < -0.3 is 98.9 Å². The van der Waals surface area contributed by atoms with Gasteiger partial charge in [0.1, 0.15) is 6.54 Å². The van der Waals surface area contributed by atoms with Crippen LogP contribution in [0.2, 0.25) is 30.1 Å². The van der Waals surface area contributed by atoms with E-state index >= 15 is 0 Å². The van der Waals surface area contributed by atoms with Crippen molar-refractivity contribution in [3.8, 4) is 0 Å². The first-order valence-corrected chi connectivity index (χ1v) is 45.2. The number of anilines is 1. The highest BCUT2D eigenvalue weighted by Gasteiger charge is 2.40. The van der Waals surface area contributed by atoms with Gasteiger partial charge in [-0.25, -0.2) is 0 Å². The Labute approximate surface area is 731 Å². The van der Waals surface area contributed by atoms with E-state index in [4.69, 9.17) is 92.2 Å². The van der Waals surface area contributed by atoms with Crippen molar-refractivity contribution in [3.05, 3.63) is 253 Å². The molecule has 114 heavy (non-hydrogen) atoms. The lowest BCUT2D eigenvalue weighted by atomic mass is 10.1. The minimum atomic E-state index is -4.83. The van der Waals surface area contributed by atoms with Crippen molar-refractivity contribution < 1.29 is 74.8 Å². The van der Waals surface area contributed by atoms with E-state index in [-0.39, 0.29) is 35.7 Å². The van der Waals surface area contributed by atoms with Crippen LogP contribution in [0, 0.1) is 0 Å². The predicted octanol–water partition coefficient (Wildman–Crippen LogP) is 21.4. The van der Waals surface area contributed by atoms with Crippen LogP contribution in [0.25, 0.3) is 76.2 Å². The quantitative estimate of drug-likeness (QED) is 0.0245. The number of halogens is 8. The predicted molar refractivity (Wildman–Crippen MR) is 486 cm³/mol. The molecule has 14 aromatic rings. The largest absolute Gasteiger partial charge is 1.00 e. The van der Waals surface area contributed by atoms with Gasteiger partial charge in [-0.2, -0.15) is 0 Å². The lowest BCUT2D eigenvalue weighted by Gasteiger charge is -2.23. The molecular weight excluding hydrogens is 1850 g/mol. The van der Waals surface area contributed by atoms with Crippen molar-refractivity contribution >= 4 is 204 Å². The molecule has 0 fully saturated rings. The first-order chi connectivity index (χ1) is 53.7. The van der Waals surface area contributed by atoms with Gasteiger partial charge in [-0.1, -0.05) is 159 Å². The summed E-state index contributed by atoms with van der Waals surface area (Å²) < 4.78 is 62.0. The first kappa shape index (κ1) is 97.3. The number of nitrogens with zero attached hydrogens (tertiary/aromatic N) is 7. The zero-order chi connectivity index (χ0) is 83.1. The van der Waals surface area contributed by atoms with Crippen LogP contribution in [0.3, 0.4) is 0 Å². The molecule has 0 aliphatic rings. The van der Waals surface area contributed by atoms with E-state index in [2.05, 4.69) is 131 Å². The van der Waals surface area contributed by atoms with Crippen molar-refractivity contribution in [2.75, 3.05) is 78.5 Å². The van der Waals surface area contributed by atoms with Gasteiger partial charge in [0.15, 0.2) is 5.66 Å². The highest BCUT2D eigenvalue weighted by molar-refractivity contribution is 14.1. The second-order valence-electron chi connectivity index (χ2n) is 27.1. The lowest BCUT2D eigenvalue weighted by Crippen LogP contribution is -3.00. The summed E-state index contributed by atoms with van der Waals surface area (Å²) in [5.41, 5.74) is 8.81. The third kappa shape index (κ3) is 26.7. The van der Waals surface area contributed by atoms with Crippen molar-refractivity contribution in [2.45, 2.75) is 59.5 Å². The fraction of sp³-hybridized carbons (Fsp3) is 0.298. The van der Waals surface area contributed by atoms with Gasteiger partial charge in [0.05, 0.1) is 80.4 Å². The molecular formula is C84H102Cl6I2N9O10P3. The Balaban J connectivity index is 0.000000213. The van der Waals surface area contributed by atoms with E-state index in [0.29, 0.717) is 59.7 Å². The molecule has 0 saturated heterocycles. The number of aromatic nitrogens is 6. The van der Waals surface area contributed by atoms with Crippen LogP contribution in [0.1, 0.15) is 62.5 Å². The van der Waals surface area contributed by atoms with Gasteiger partial charge in [-0.05, 0) is 173 Å². The summed E-state index contributed by atoms with van der Waals surface area (Å²) in [4.78, 5) is 40.2. The van der Waals surface area contributed by atoms with Gasteiger partial charge >= 0.3 is 23.8 Å². The molecule has 0 spiro atoms. The van der Waals surface area contributed by atoms with Crippen molar-refractivity contribution in [1.82, 2.24) is 32.7 Å². The van der Waals surface area contributed by atoms with Gasteiger partial charge in [0.2, 0.25) is 5.91 Å². The third-order valence-corrected chi connectivity index (χ3v) is 23.8. The normalized spacial score (nSPS) is 11.6. The molecule has 6 heterocycles. The SMILES string of the molecule is CCOP(=O)(Cc1cn(C)c2cccc(Cl)c12)OCC.CCOP(OCC)OCC.CI.CN(C)Cc1cn(C)c2cccc(Cl)c12.Clc1cccc2[nH]ccc12.Cn1cc(C(C(=O)Nc2ccc3ccccc3c2)P(=O)(O)O)c2c(Cl)cccc21.Cn1cc(C[N+](C)(C)C)c2c(Cl)cccc21.Cn1ccc2c(Cl)cccc21.[I-]. The number of carbonyl (C=O) groups is 1. The number of aromatic amines is 1. The summed E-state index contributed by atoms with van der Waals surface area (Å²) in [6.07, 6.45) is 11.9. The molecule has 8 aromatic carbocycles. The summed E-state index contributed by atoms with van der Waals surface area (Å²) in [7, 11) is 11.5. The Morgan fingerprint density at radius 1 is 0.518 bits per heavy atom. The standard InChI is InChI=1S/C21H18ClN2O4P.C14H19ClNO3P.C13H18ClN2.C12H15ClN2.C9H8ClN.C8H6ClN.C6H15O3P.CH3I.HI/c1-24-12-16(19-17(22)7-4-8-18(19)24)20(29(26,27)28)21(25)23-15-10-9-13-5-2-3-6-14(13)11-15;1-4-18-20(17,19-5-2)10-11-9-16(3)13-8-6-7-12(15)14(11)13;1-15-8-10(9-16(2,3)4)13-11(14)6-5-7-12(13)15;1-14(2)7-9-8-15(3)11-6-4-5-10(13)12(9)11;1-11-6-5-7-8(10)3-2-4-9(7)11;9-7-2-1-3-8-6(7)4-5-10-8;1-4-7-10(8-5-2)9-6-3;1-2;/h2-12,20H,1H3,(H,23,25)(H2,26,27,28);6-9H,4-5,10H2,1-3H3;5-8H,9H2,1-4H3;4-6,8H,7H2,1-3H3;2-6H,1H3;1-5,10H;4-6H2,1-3H3;1H3;1H/q;;+1;;;;;;/p-1. The molecule has 614 valence electrons. The Morgan fingerprint density at radius 2 is 0.947 bits per heavy atom. The van der Waals surface area contributed by atoms with Crippen LogP contribution >= 0.6 is 116 Å². The minimum absolute atomic E-state index is 0. The highest BCUT2D eigenvalue weighted by atomic mass is 127. The number of amides is 1. The topological polar surface area (TPSA) is 194 Å². The molecule has 6 aromatic heterocycles. The monoisotopic (exact) mass is 1950 g/mol. The third-order valence-electron chi connectivity index (χ3n) is 17.3. The molecule has 0 aliphatic heterocycles. The number of benzene rings is 8. The zero-order valence-electron chi connectivity index (χ0n) is 66.9. The number of H-pyrrole nitrogens is 1. The van der Waals surface area contributed by atoms with Crippen molar-refractivity contribution in [3.63, 3.8) is 0 Å². The molecule has 1 unspecified atom stereocenters. The summed E-state index contributed by atoms with van der Waals surface area (Å²) in [6, 6.07) is 51.7. The number of aryl methyl sites for hydroxylation is 5. The van der Waals surface area contributed by atoms with Gasteiger partial charge in [0, 0.05) is 171 Å². The van der Waals surface area contributed by atoms with Crippen LogP contribution < -0.4 is 29.3 Å².